The van der Waals surface area contributed by atoms with E-state index in [-0.39, 0.29) is 12.5 Å². The molecular weight excluding hydrogens is 197 g/mol. The molecule has 0 heterocycles. The molecule has 1 rings (SSSR count). The maximum atomic E-state index is 13.4. The third kappa shape index (κ3) is 4.49. The molecule has 88 valence electrons. The average molecular weight is 217 g/mol. The van der Waals surface area contributed by atoms with Crippen molar-refractivity contribution in [1.82, 2.24) is 5.32 Å². The van der Waals surface area contributed by atoms with Gasteiger partial charge in [0.25, 0.3) is 0 Å². The number of halogens is 1. The van der Waals surface area contributed by atoms with E-state index in [4.69, 9.17) is 4.74 Å². The maximum Gasteiger partial charge on any atom is 0.407 e. The first-order valence-corrected chi connectivity index (χ1v) is 5.49. The van der Waals surface area contributed by atoms with Crippen LogP contribution in [0.4, 0.5) is 9.18 Å². The van der Waals surface area contributed by atoms with E-state index in [2.05, 4.69) is 5.32 Å². The summed E-state index contributed by atoms with van der Waals surface area (Å²) in [6.07, 6.45) is 1.53. The zero-order chi connectivity index (χ0) is 11.5. The Balaban J connectivity index is 2.15. The van der Waals surface area contributed by atoms with Gasteiger partial charge in [0.15, 0.2) is 0 Å². The summed E-state index contributed by atoms with van der Waals surface area (Å²) >= 11 is 0. The summed E-state index contributed by atoms with van der Waals surface area (Å²) < 4.78 is 18.4. The lowest BCUT2D eigenvalue weighted by Gasteiger charge is -2.29. The fourth-order valence-electron chi connectivity index (χ4n) is 1.46. The molecule has 0 radical (unpaired) electrons. The number of hydrogen-bond donors (Lipinski definition) is 1. The van der Waals surface area contributed by atoms with E-state index < -0.39 is 17.9 Å². The fourth-order valence-corrected chi connectivity index (χ4v) is 1.46. The topological polar surface area (TPSA) is 38.3 Å². The van der Waals surface area contributed by atoms with Gasteiger partial charge in [0.1, 0.15) is 11.8 Å². The van der Waals surface area contributed by atoms with Crippen molar-refractivity contribution in [2.45, 2.75) is 51.8 Å². The van der Waals surface area contributed by atoms with Crippen LogP contribution in [0.1, 0.15) is 40.0 Å². The normalized spacial score (nSPS) is 19.2. The first kappa shape index (κ1) is 12.3. The molecule has 0 spiro atoms. The van der Waals surface area contributed by atoms with Crippen LogP contribution in [0.15, 0.2) is 0 Å². The van der Waals surface area contributed by atoms with Crippen LogP contribution >= 0.6 is 0 Å². The first-order valence-electron chi connectivity index (χ1n) is 5.49. The Morgan fingerprint density at radius 1 is 1.53 bits per heavy atom. The first-order chi connectivity index (χ1) is 6.88. The predicted molar refractivity (Wildman–Crippen MR) is 56.5 cm³/mol. The molecule has 0 aromatic carbocycles. The predicted octanol–water partition coefficient (Wildman–Crippen LogP) is 2.65. The highest BCUT2D eigenvalue weighted by Gasteiger charge is 2.27. The summed E-state index contributed by atoms with van der Waals surface area (Å²) in [5, 5.41) is 2.45. The Morgan fingerprint density at radius 3 is 2.53 bits per heavy atom. The van der Waals surface area contributed by atoms with Gasteiger partial charge in [-0.1, -0.05) is 6.42 Å². The van der Waals surface area contributed by atoms with Gasteiger partial charge in [-0.15, -0.1) is 0 Å². The number of ether oxygens (including phenoxy) is 1. The van der Waals surface area contributed by atoms with Crippen LogP contribution in [-0.4, -0.2) is 24.4 Å². The lowest BCUT2D eigenvalue weighted by molar-refractivity contribution is 0.0489. The summed E-state index contributed by atoms with van der Waals surface area (Å²) in [6, 6.07) is 0. The van der Waals surface area contributed by atoms with Crippen LogP contribution in [0, 0.1) is 5.92 Å². The average Bonchev–Trinajstić information content (AvgIpc) is 1.94. The maximum absolute atomic E-state index is 13.4. The molecule has 1 amide bonds. The second-order valence-electron chi connectivity index (χ2n) is 5.09. The van der Waals surface area contributed by atoms with E-state index in [1.165, 1.54) is 0 Å². The van der Waals surface area contributed by atoms with Crippen molar-refractivity contribution in [3.05, 3.63) is 0 Å². The Kier molecular flexibility index (Phi) is 3.94. The number of rotatable bonds is 3. The van der Waals surface area contributed by atoms with Gasteiger partial charge in [-0.25, -0.2) is 9.18 Å². The Labute approximate surface area is 90.4 Å². The Morgan fingerprint density at radius 2 is 2.13 bits per heavy atom. The molecule has 1 fully saturated rings. The quantitative estimate of drug-likeness (QED) is 0.789. The van der Waals surface area contributed by atoms with Crippen molar-refractivity contribution in [3.63, 3.8) is 0 Å². The molecule has 0 saturated heterocycles. The number of carbonyl (C=O) groups excluding carboxylic acids is 1. The minimum Gasteiger partial charge on any atom is -0.444 e. The minimum absolute atomic E-state index is 0.0690. The van der Waals surface area contributed by atoms with E-state index in [9.17, 15) is 9.18 Å². The molecule has 3 nitrogen and oxygen atoms in total. The van der Waals surface area contributed by atoms with E-state index in [0.29, 0.717) is 0 Å². The molecule has 1 saturated carbocycles. The molecule has 0 aliphatic heterocycles. The molecule has 15 heavy (non-hydrogen) atoms. The number of nitrogens with one attached hydrogen (secondary N) is 1. The lowest BCUT2D eigenvalue weighted by Crippen LogP contribution is -2.39. The van der Waals surface area contributed by atoms with Crippen molar-refractivity contribution >= 4 is 6.09 Å². The van der Waals surface area contributed by atoms with Gasteiger partial charge in [0.05, 0.1) is 6.54 Å². The number of amides is 1. The van der Waals surface area contributed by atoms with E-state index >= 15 is 0 Å². The van der Waals surface area contributed by atoms with Crippen LogP contribution in [0.3, 0.4) is 0 Å². The molecular formula is C11H20FNO2. The molecule has 0 aromatic heterocycles. The van der Waals surface area contributed by atoms with Gasteiger partial charge >= 0.3 is 6.09 Å². The van der Waals surface area contributed by atoms with Gasteiger partial charge in [0.2, 0.25) is 0 Å². The number of alkyl halides is 1. The summed E-state index contributed by atoms with van der Waals surface area (Å²) in [4.78, 5) is 11.2. The van der Waals surface area contributed by atoms with Crippen molar-refractivity contribution in [2.75, 3.05) is 6.54 Å². The van der Waals surface area contributed by atoms with Gasteiger partial charge in [-0.2, -0.15) is 0 Å². The van der Waals surface area contributed by atoms with Crippen LogP contribution < -0.4 is 5.32 Å². The lowest BCUT2D eigenvalue weighted by atomic mass is 9.82. The van der Waals surface area contributed by atoms with Gasteiger partial charge in [-0.05, 0) is 39.5 Å². The van der Waals surface area contributed by atoms with Crippen LogP contribution in [-0.2, 0) is 4.74 Å². The second kappa shape index (κ2) is 4.81. The van der Waals surface area contributed by atoms with Gasteiger partial charge in [0, 0.05) is 0 Å². The van der Waals surface area contributed by atoms with Crippen LogP contribution in [0.5, 0.6) is 0 Å². The molecule has 0 bridgehead atoms. The van der Waals surface area contributed by atoms with E-state index in [1.807, 2.05) is 0 Å². The monoisotopic (exact) mass is 217 g/mol. The highest BCUT2D eigenvalue weighted by atomic mass is 19.1. The molecule has 1 aliphatic rings. The van der Waals surface area contributed by atoms with Gasteiger partial charge in [-0.3, -0.25) is 0 Å². The van der Waals surface area contributed by atoms with E-state index in [1.54, 1.807) is 20.8 Å². The summed E-state index contributed by atoms with van der Waals surface area (Å²) in [5.74, 6) is 0.139. The third-order valence-electron chi connectivity index (χ3n) is 2.50. The SMILES string of the molecule is CC(C)(C)OC(=O)NCC(F)C1CCC1. The van der Waals surface area contributed by atoms with Crippen LogP contribution in [0.25, 0.3) is 0 Å². The molecule has 1 N–H and O–H groups in total. The summed E-state index contributed by atoms with van der Waals surface area (Å²) in [6.45, 7) is 5.42. The van der Waals surface area contributed by atoms with E-state index in [0.717, 1.165) is 19.3 Å². The van der Waals surface area contributed by atoms with Crippen molar-refractivity contribution < 1.29 is 13.9 Å². The standard InChI is InChI=1S/C11H20FNO2/c1-11(2,3)15-10(14)13-7-9(12)8-5-4-6-8/h8-9H,4-7H2,1-3H3,(H,13,14). The number of carbonyl (C=O) groups is 1. The highest BCUT2D eigenvalue weighted by molar-refractivity contribution is 5.67. The molecule has 1 atom stereocenters. The minimum atomic E-state index is -0.925. The summed E-state index contributed by atoms with van der Waals surface area (Å²) in [7, 11) is 0. The molecule has 1 aliphatic carbocycles. The smallest absolute Gasteiger partial charge is 0.407 e. The number of hydrogen-bond acceptors (Lipinski definition) is 2. The molecule has 4 heteroatoms. The van der Waals surface area contributed by atoms with Crippen molar-refractivity contribution in [2.24, 2.45) is 5.92 Å². The highest BCUT2D eigenvalue weighted by Crippen LogP contribution is 2.30. The Bertz CT molecular complexity index is 221. The largest absolute Gasteiger partial charge is 0.444 e. The van der Waals surface area contributed by atoms with Crippen molar-refractivity contribution in [1.29, 1.82) is 0 Å². The summed E-state index contributed by atoms with van der Waals surface area (Å²) in [5.41, 5.74) is -0.521. The molecule has 1 unspecified atom stereocenters. The Hall–Kier alpha value is -0.800. The number of alkyl carbamates (subject to hydrolysis) is 1. The molecule has 0 aromatic rings. The van der Waals surface area contributed by atoms with Crippen molar-refractivity contribution in [3.8, 4) is 0 Å². The second-order valence-corrected chi connectivity index (χ2v) is 5.09. The fraction of sp³-hybridized carbons (Fsp3) is 0.909. The third-order valence-corrected chi connectivity index (χ3v) is 2.50. The van der Waals surface area contributed by atoms with Crippen LogP contribution in [0.2, 0.25) is 0 Å². The van der Waals surface area contributed by atoms with Gasteiger partial charge < -0.3 is 10.1 Å². The zero-order valence-electron chi connectivity index (χ0n) is 9.68. The zero-order valence-corrected chi connectivity index (χ0v) is 9.68.